The highest BCUT2D eigenvalue weighted by Gasteiger charge is 2.25. The number of hydrogen-bond donors (Lipinski definition) is 0. The van der Waals surface area contributed by atoms with Crippen LogP contribution in [0.4, 0.5) is 0 Å². The number of amides is 3. The molecule has 0 spiro atoms. The van der Waals surface area contributed by atoms with Crippen molar-refractivity contribution in [3.05, 3.63) is 95.6 Å². The molecular weight excluding hydrogens is 392 g/mol. The molecule has 31 heavy (non-hydrogen) atoms. The fourth-order valence-electron chi connectivity index (χ4n) is 3.10. The molecule has 0 heterocycles. The van der Waals surface area contributed by atoms with Crippen LogP contribution in [-0.4, -0.2) is 41.6 Å². The third-order valence-corrected chi connectivity index (χ3v) is 4.70. The minimum Gasteiger partial charge on any atom is -0.457 e. The van der Waals surface area contributed by atoms with E-state index < -0.39 is 11.8 Å². The molecule has 6 heteroatoms. The molecule has 0 aromatic heterocycles. The Morgan fingerprint density at radius 1 is 0.742 bits per heavy atom. The van der Waals surface area contributed by atoms with E-state index in [-0.39, 0.29) is 18.0 Å². The average molecular weight is 416 g/mol. The third kappa shape index (κ3) is 5.17. The fourth-order valence-corrected chi connectivity index (χ4v) is 3.10. The van der Waals surface area contributed by atoms with Gasteiger partial charge in [-0.1, -0.05) is 48.5 Å². The molecule has 0 saturated heterocycles. The summed E-state index contributed by atoms with van der Waals surface area (Å²) in [6.07, 6.45) is 0. The molecule has 0 atom stereocenters. The molecule has 158 valence electrons. The van der Waals surface area contributed by atoms with Gasteiger partial charge in [-0.25, -0.2) is 0 Å². The quantitative estimate of drug-likeness (QED) is 0.599. The first-order valence-electron chi connectivity index (χ1n) is 9.82. The third-order valence-electron chi connectivity index (χ3n) is 4.70. The van der Waals surface area contributed by atoms with Crippen molar-refractivity contribution in [3.8, 4) is 11.5 Å². The van der Waals surface area contributed by atoms with Gasteiger partial charge in [-0.2, -0.15) is 0 Å². The molecule has 0 aliphatic heterocycles. The van der Waals surface area contributed by atoms with Gasteiger partial charge in [0.05, 0.1) is 12.1 Å². The molecule has 0 bridgehead atoms. The number of carbonyl (C=O) groups excluding carboxylic acids is 3. The first-order chi connectivity index (χ1) is 14.9. The normalized spacial score (nSPS) is 10.3. The zero-order chi connectivity index (χ0) is 22.4. The Balaban J connectivity index is 1.93. The lowest BCUT2D eigenvalue weighted by molar-refractivity contribution is -0.126. The molecule has 3 aromatic carbocycles. The summed E-state index contributed by atoms with van der Waals surface area (Å²) in [4.78, 5) is 40.9. The van der Waals surface area contributed by atoms with Crippen molar-refractivity contribution in [2.45, 2.75) is 13.5 Å². The summed E-state index contributed by atoms with van der Waals surface area (Å²) in [5.41, 5.74) is 1.30. The molecule has 3 amide bonds. The molecule has 0 unspecified atom stereocenters. The molecule has 0 aliphatic carbocycles. The van der Waals surface area contributed by atoms with Gasteiger partial charge in [0.2, 0.25) is 5.91 Å². The van der Waals surface area contributed by atoms with Gasteiger partial charge in [0, 0.05) is 26.6 Å². The number of nitrogens with zero attached hydrogens (tertiary/aromatic N) is 2. The van der Waals surface area contributed by atoms with Gasteiger partial charge in [-0.3, -0.25) is 19.3 Å². The Morgan fingerprint density at radius 2 is 1.32 bits per heavy atom. The Hall–Kier alpha value is -3.93. The molecule has 0 fully saturated rings. The van der Waals surface area contributed by atoms with Gasteiger partial charge >= 0.3 is 0 Å². The lowest BCUT2D eigenvalue weighted by Gasteiger charge is -2.22. The monoisotopic (exact) mass is 416 g/mol. The second-order valence-corrected chi connectivity index (χ2v) is 7.18. The van der Waals surface area contributed by atoms with Crippen molar-refractivity contribution in [1.29, 1.82) is 0 Å². The SMILES string of the molecule is CC(=O)N(Cc1ccccc1C(=O)N(C)C)C(=O)c1ccccc1Oc1ccccc1. The van der Waals surface area contributed by atoms with E-state index in [4.69, 9.17) is 4.74 Å². The van der Waals surface area contributed by atoms with Crippen LogP contribution in [0.3, 0.4) is 0 Å². The first kappa shape index (κ1) is 21.8. The van der Waals surface area contributed by atoms with E-state index in [0.29, 0.717) is 22.6 Å². The molecular formula is C25H24N2O4. The predicted octanol–water partition coefficient (Wildman–Crippen LogP) is 4.37. The summed E-state index contributed by atoms with van der Waals surface area (Å²) in [6, 6.07) is 22.8. The van der Waals surface area contributed by atoms with Crippen LogP contribution >= 0.6 is 0 Å². The van der Waals surface area contributed by atoms with Gasteiger partial charge < -0.3 is 9.64 Å². The lowest BCUT2D eigenvalue weighted by Crippen LogP contribution is -2.35. The van der Waals surface area contributed by atoms with Crippen LogP contribution in [0.1, 0.15) is 33.2 Å². The molecule has 0 radical (unpaired) electrons. The predicted molar refractivity (Wildman–Crippen MR) is 118 cm³/mol. The summed E-state index contributed by atoms with van der Waals surface area (Å²) < 4.78 is 5.88. The summed E-state index contributed by atoms with van der Waals surface area (Å²) >= 11 is 0. The number of hydrogen-bond acceptors (Lipinski definition) is 4. The number of rotatable bonds is 6. The summed E-state index contributed by atoms with van der Waals surface area (Å²) in [5, 5.41) is 0. The van der Waals surface area contributed by atoms with Crippen LogP contribution in [0, 0.1) is 0 Å². The highest BCUT2D eigenvalue weighted by atomic mass is 16.5. The molecule has 6 nitrogen and oxygen atoms in total. The number of para-hydroxylation sites is 2. The second kappa shape index (κ2) is 9.71. The van der Waals surface area contributed by atoms with Crippen molar-refractivity contribution >= 4 is 17.7 Å². The maximum atomic E-state index is 13.3. The number of benzene rings is 3. The number of imide groups is 1. The lowest BCUT2D eigenvalue weighted by atomic mass is 10.0. The van der Waals surface area contributed by atoms with E-state index >= 15 is 0 Å². The summed E-state index contributed by atoms with van der Waals surface area (Å²) in [5.74, 6) is -0.182. The second-order valence-electron chi connectivity index (χ2n) is 7.18. The van der Waals surface area contributed by atoms with E-state index in [9.17, 15) is 14.4 Å². The van der Waals surface area contributed by atoms with E-state index in [1.165, 1.54) is 11.8 Å². The molecule has 3 rings (SSSR count). The van der Waals surface area contributed by atoms with Crippen molar-refractivity contribution in [3.63, 3.8) is 0 Å². The van der Waals surface area contributed by atoms with Crippen LogP contribution in [0.2, 0.25) is 0 Å². The smallest absolute Gasteiger partial charge is 0.264 e. The van der Waals surface area contributed by atoms with E-state index in [1.54, 1.807) is 74.8 Å². The summed E-state index contributed by atoms with van der Waals surface area (Å²) in [6.45, 7) is 1.30. The van der Waals surface area contributed by atoms with Crippen molar-refractivity contribution in [2.24, 2.45) is 0 Å². The van der Waals surface area contributed by atoms with Gasteiger partial charge in [0.15, 0.2) is 0 Å². The first-order valence-corrected chi connectivity index (χ1v) is 9.82. The van der Waals surface area contributed by atoms with E-state index in [0.717, 1.165) is 4.90 Å². The minimum absolute atomic E-state index is 0.0242. The molecule has 0 saturated carbocycles. The number of ether oxygens (including phenoxy) is 1. The van der Waals surface area contributed by atoms with Crippen LogP contribution in [0.25, 0.3) is 0 Å². The van der Waals surface area contributed by atoms with Gasteiger partial charge in [0.25, 0.3) is 11.8 Å². The summed E-state index contributed by atoms with van der Waals surface area (Å²) in [7, 11) is 3.31. The van der Waals surface area contributed by atoms with Crippen molar-refractivity contribution in [2.75, 3.05) is 14.1 Å². The van der Waals surface area contributed by atoms with Gasteiger partial charge in [-0.05, 0) is 35.9 Å². The topological polar surface area (TPSA) is 66.9 Å². The molecule has 3 aromatic rings. The van der Waals surface area contributed by atoms with Gasteiger partial charge in [-0.15, -0.1) is 0 Å². The van der Waals surface area contributed by atoms with Crippen molar-refractivity contribution in [1.82, 2.24) is 9.80 Å². The largest absolute Gasteiger partial charge is 0.457 e. The Kier molecular flexibility index (Phi) is 6.82. The Morgan fingerprint density at radius 3 is 1.97 bits per heavy atom. The van der Waals surface area contributed by atoms with Crippen LogP contribution in [0.15, 0.2) is 78.9 Å². The zero-order valence-electron chi connectivity index (χ0n) is 17.7. The van der Waals surface area contributed by atoms with Crippen LogP contribution in [0.5, 0.6) is 11.5 Å². The van der Waals surface area contributed by atoms with Crippen LogP contribution in [-0.2, 0) is 11.3 Å². The van der Waals surface area contributed by atoms with Crippen LogP contribution < -0.4 is 4.74 Å². The number of carbonyl (C=O) groups is 3. The molecule has 0 aliphatic rings. The fraction of sp³-hybridized carbons (Fsp3) is 0.160. The molecule has 0 N–H and O–H groups in total. The zero-order valence-corrected chi connectivity index (χ0v) is 17.7. The standard InChI is InChI=1S/C25H24N2O4/c1-18(28)27(17-19-11-7-8-14-21(19)24(29)26(2)3)25(30)22-15-9-10-16-23(22)31-20-12-5-4-6-13-20/h4-16H,17H2,1-3H3. The van der Waals surface area contributed by atoms with Crippen molar-refractivity contribution < 1.29 is 19.1 Å². The highest BCUT2D eigenvalue weighted by molar-refractivity contribution is 6.06. The van der Waals surface area contributed by atoms with Gasteiger partial charge in [0.1, 0.15) is 11.5 Å². The maximum Gasteiger partial charge on any atom is 0.264 e. The Labute approximate surface area is 181 Å². The Bertz CT molecular complexity index is 1090. The highest BCUT2D eigenvalue weighted by Crippen LogP contribution is 2.27. The minimum atomic E-state index is -0.494. The van der Waals surface area contributed by atoms with E-state index in [2.05, 4.69) is 0 Å². The maximum absolute atomic E-state index is 13.3. The average Bonchev–Trinajstić information content (AvgIpc) is 2.77. The van der Waals surface area contributed by atoms with E-state index in [1.807, 2.05) is 18.2 Å².